The van der Waals surface area contributed by atoms with Crippen LogP contribution < -0.4 is 0 Å². The highest BCUT2D eigenvalue weighted by atomic mass is 19.1. The summed E-state index contributed by atoms with van der Waals surface area (Å²) in [5, 5.41) is 9.10. The predicted octanol–water partition coefficient (Wildman–Crippen LogP) is 1.68. The van der Waals surface area contributed by atoms with Gasteiger partial charge in [0, 0.05) is 7.11 Å². The number of methoxy groups -OCH3 is 1. The molecule has 2 nitrogen and oxygen atoms in total. The minimum absolute atomic E-state index is 0.0631. The van der Waals surface area contributed by atoms with Crippen molar-refractivity contribution in [2.24, 2.45) is 0 Å². The van der Waals surface area contributed by atoms with E-state index in [2.05, 4.69) is 4.74 Å². The Morgan fingerprint density at radius 2 is 2.27 bits per heavy atom. The molecule has 0 unspecified atom stereocenters. The van der Waals surface area contributed by atoms with Crippen molar-refractivity contribution in [2.75, 3.05) is 7.11 Å². The summed E-state index contributed by atoms with van der Waals surface area (Å²) in [6, 6.07) is 4.16. The van der Waals surface area contributed by atoms with Crippen LogP contribution in [0.3, 0.4) is 0 Å². The second-order valence-corrected chi connectivity index (χ2v) is 2.17. The van der Waals surface area contributed by atoms with Gasteiger partial charge in [-0.2, -0.15) is 0 Å². The van der Waals surface area contributed by atoms with Crippen molar-refractivity contribution in [1.29, 1.82) is 0 Å². The van der Waals surface area contributed by atoms with Crippen molar-refractivity contribution in [2.45, 2.75) is 6.61 Å². The third kappa shape index (κ3) is 1.68. The molecule has 0 heterocycles. The Kier molecular flexibility index (Phi) is 2.44. The number of rotatable bonds is 2. The van der Waals surface area contributed by atoms with E-state index < -0.39 is 5.82 Å². The maximum Gasteiger partial charge on any atom is 0.132 e. The van der Waals surface area contributed by atoms with Gasteiger partial charge < -0.3 is 9.84 Å². The monoisotopic (exact) mass is 156 g/mol. The normalized spacial score (nSPS) is 10.0. The second-order valence-electron chi connectivity index (χ2n) is 2.17. The molecule has 11 heavy (non-hydrogen) atoms. The molecule has 0 amide bonds. The van der Waals surface area contributed by atoms with Gasteiger partial charge in [0.15, 0.2) is 0 Å². The van der Waals surface area contributed by atoms with Gasteiger partial charge in [-0.1, -0.05) is 6.07 Å². The van der Waals surface area contributed by atoms with Crippen LogP contribution in [-0.2, 0) is 11.3 Å². The van der Waals surface area contributed by atoms with E-state index in [1.165, 1.54) is 25.3 Å². The van der Waals surface area contributed by atoms with Crippen LogP contribution in [0.4, 0.5) is 4.39 Å². The highest BCUT2D eigenvalue weighted by molar-refractivity contribution is 5.32. The van der Waals surface area contributed by atoms with E-state index in [1.807, 2.05) is 0 Å². The SMILES string of the molecule is COCc1c(O)cccc1F. The van der Waals surface area contributed by atoms with Crippen molar-refractivity contribution in [1.82, 2.24) is 0 Å². The predicted molar refractivity (Wildman–Crippen MR) is 38.8 cm³/mol. The molecular formula is C8H9FO2. The molecule has 0 aliphatic rings. The first-order valence-corrected chi connectivity index (χ1v) is 3.21. The zero-order valence-corrected chi connectivity index (χ0v) is 6.17. The Hall–Kier alpha value is -1.09. The third-order valence-corrected chi connectivity index (χ3v) is 1.38. The van der Waals surface area contributed by atoms with Crippen molar-refractivity contribution >= 4 is 0 Å². The van der Waals surface area contributed by atoms with E-state index >= 15 is 0 Å². The number of halogens is 1. The van der Waals surface area contributed by atoms with E-state index in [4.69, 9.17) is 5.11 Å². The van der Waals surface area contributed by atoms with Gasteiger partial charge in [-0.3, -0.25) is 0 Å². The lowest BCUT2D eigenvalue weighted by Gasteiger charge is -2.02. The van der Waals surface area contributed by atoms with Gasteiger partial charge in [-0.15, -0.1) is 0 Å². The number of phenolic OH excluding ortho intramolecular Hbond substituents is 1. The van der Waals surface area contributed by atoms with Crippen LogP contribution in [0.5, 0.6) is 5.75 Å². The number of benzene rings is 1. The molecule has 0 saturated carbocycles. The van der Waals surface area contributed by atoms with Gasteiger partial charge in [0.1, 0.15) is 11.6 Å². The molecule has 0 aliphatic carbocycles. The second kappa shape index (κ2) is 3.34. The molecule has 60 valence electrons. The summed E-state index contributed by atoms with van der Waals surface area (Å²) in [6.07, 6.45) is 0. The third-order valence-electron chi connectivity index (χ3n) is 1.38. The van der Waals surface area contributed by atoms with Gasteiger partial charge in [0.25, 0.3) is 0 Å². The fourth-order valence-electron chi connectivity index (χ4n) is 0.834. The number of hydrogen-bond donors (Lipinski definition) is 1. The van der Waals surface area contributed by atoms with Crippen molar-refractivity contribution in [3.63, 3.8) is 0 Å². The zero-order chi connectivity index (χ0) is 8.27. The van der Waals surface area contributed by atoms with Gasteiger partial charge in [-0.05, 0) is 12.1 Å². The molecule has 0 spiro atoms. The van der Waals surface area contributed by atoms with Crippen molar-refractivity contribution < 1.29 is 14.2 Å². The summed E-state index contributed by atoms with van der Waals surface area (Å²) in [6.45, 7) is 0.0957. The lowest BCUT2D eigenvalue weighted by Crippen LogP contribution is -1.92. The average molecular weight is 156 g/mol. The molecule has 0 aromatic heterocycles. The van der Waals surface area contributed by atoms with Crippen LogP contribution in [0.15, 0.2) is 18.2 Å². The zero-order valence-electron chi connectivity index (χ0n) is 6.17. The van der Waals surface area contributed by atoms with Crippen LogP contribution in [0.1, 0.15) is 5.56 Å². The molecule has 0 radical (unpaired) electrons. The topological polar surface area (TPSA) is 29.5 Å². The van der Waals surface area contributed by atoms with E-state index in [0.717, 1.165) is 0 Å². The minimum atomic E-state index is -0.438. The summed E-state index contributed by atoms with van der Waals surface area (Å²) in [5.74, 6) is -0.501. The van der Waals surface area contributed by atoms with Crippen molar-refractivity contribution in [3.8, 4) is 5.75 Å². The highest BCUT2D eigenvalue weighted by Crippen LogP contribution is 2.19. The van der Waals surface area contributed by atoms with Gasteiger partial charge in [0.05, 0.1) is 12.2 Å². The lowest BCUT2D eigenvalue weighted by atomic mass is 10.2. The standard InChI is InChI=1S/C8H9FO2/c1-11-5-6-7(9)3-2-4-8(6)10/h2-4,10H,5H2,1H3. The first kappa shape index (κ1) is 8.01. The summed E-state index contributed by atoms with van der Waals surface area (Å²) in [7, 11) is 1.45. The molecule has 1 aromatic rings. The Morgan fingerprint density at radius 1 is 1.55 bits per heavy atom. The molecule has 0 saturated heterocycles. The molecular weight excluding hydrogens is 147 g/mol. The van der Waals surface area contributed by atoms with E-state index in [1.54, 1.807) is 0 Å². The molecule has 0 aliphatic heterocycles. The summed E-state index contributed by atoms with van der Waals surface area (Å²) in [5.41, 5.74) is 0.204. The minimum Gasteiger partial charge on any atom is -0.507 e. The Labute approximate surface area is 64.2 Å². The largest absolute Gasteiger partial charge is 0.507 e. The number of ether oxygens (including phenoxy) is 1. The van der Waals surface area contributed by atoms with Crippen LogP contribution >= 0.6 is 0 Å². The molecule has 1 N–H and O–H groups in total. The van der Waals surface area contributed by atoms with Crippen molar-refractivity contribution in [3.05, 3.63) is 29.6 Å². The van der Waals surface area contributed by atoms with Gasteiger partial charge in [0.2, 0.25) is 0 Å². The number of aromatic hydroxyl groups is 1. The summed E-state index contributed by atoms with van der Waals surface area (Å²) in [4.78, 5) is 0. The number of hydrogen-bond acceptors (Lipinski definition) is 2. The van der Waals surface area contributed by atoms with E-state index in [0.29, 0.717) is 0 Å². The highest BCUT2D eigenvalue weighted by Gasteiger charge is 2.05. The molecule has 1 rings (SSSR count). The van der Waals surface area contributed by atoms with Crippen LogP contribution in [0.25, 0.3) is 0 Å². The van der Waals surface area contributed by atoms with Gasteiger partial charge in [-0.25, -0.2) is 4.39 Å². The molecule has 3 heteroatoms. The van der Waals surface area contributed by atoms with Crippen LogP contribution in [0.2, 0.25) is 0 Å². The molecule has 0 fully saturated rings. The summed E-state index contributed by atoms with van der Waals surface area (Å²) < 4.78 is 17.5. The average Bonchev–Trinajstić information content (AvgIpc) is 1.97. The van der Waals surface area contributed by atoms with Gasteiger partial charge >= 0.3 is 0 Å². The quantitative estimate of drug-likeness (QED) is 0.705. The Morgan fingerprint density at radius 3 is 2.82 bits per heavy atom. The summed E-state index contributed by atoms with van der Waals surface area (Å²) >= 11 is 0. The lowest BCUT2D eigenvalue weighted by molar-refractivity contribution is 0.178. The first-order chi connectivity index (χ1) is 5.25. The Bertz CT molecular complexity index is 228. The van der Waals surface area contributed by atoms with E-state index in [-0.39, 0.29) is 17.9 Å². The Balaban J connectivity index is 3.00. The maximum atomic E-state index is 12.8. The fraction of sp³-hybridized carbons (Fsp3) is 0.250. The van der Waals surface area contributed by atoms with Crippen LogP contribution in [-0.4, -0.2) is 12.2 Å². The smallest absolute Gasteiger partial charge is 0.132 e. The fourth-order valence-corrected chi connectivity index (χ4v) is 0.834. The number of phenols is 1. The van der Waals surface area contributed by atoms with Crippen LogP contribution in [0, 0.1) is 5.82 Å². The van der Waals surface area contributed by atoms with E-state index in [9.17, 15) is 4.39 Å². The first-order valence-electron chi connectivity index (χ1n) is 3.21. The molecule has 0 atom stereocenters. The molecule has 1 aromatic carbocycles. The molecule has 0 bridgehead atoms. The maximum absolute atomic E-state index is 12.8.